The quantitative estimate of drug-likeness (QED) is 0.277. The van der Waals surface area contributed by atoms with E-state index in [9.17, 15) is 14.7 Å². The maximum absolute atomic E-state index is 13.5. The Balaban J connectivity index is 1.30. The number of nitrogens with zero attached hydrogens (tertiary/aromatic N) is 1. The van der Waals surface area contributed by atoms with Crippen LogP contribution in [0.25, 0.3) is 5.57 Å². The first kappa shape index (κ1) is 34.5. The van der Waals surface area contributed by atoms with E-state index in [4.69, 9.17) is 0 Å². The molecule has 6 rings (SSSR count). The minimum absolute atomic E-state index is 0.00586. The van der Waals surface area contributed by atoms with E-state index < -0.39 is 5.97 Å². The van der Waals surface area contributed by atoms with Crippen LogP contribution in [0.1, 0.15) is 128 Å². The maximum Gasteiger partial charge on any atom is 0.335 e. The van der Waals surface area contributed by atoms with Crippen LogP contribution in [-0.2, 0) is 4.79 Å². The topological polar surface area (TPSA) is 69.6 Å². The molecule has 9 unspecified atom stereocenters. The highest BCUT2D eigenvalue weighted by Crippen LogP contribution is 2.76. The lowest BCUT2D eigenvalue weighted by molar-refractivity contribution is -0.219. The molecule has 0 saturated heterocycles. The SMILES string of the molecule is C=C(C)C1CCC2(NC(=O)CCCN(C)C)CCC3(C)C(CCC4C5(C)CC=C(c6ccc(C(=O)O)cc6)C(C)(C)C5CCC43C)C12. The number of benzene rings is 1. The summed E-state index contributed by atoms with van der Waals surface area (Å²) in [5.74, 6) is 2.17. The molecule has 1 aromatic carbocycles. The van der Waals surface area contributed by atoms with Crippen LogP contribution >= 0.6 is 0 Å². The Morgan fingerprint density at radius 3 is 2.26 bits per heavy atom. The molecule has 5 aliphatic carbocycles. The third kappa shape index (κ3) is 5.27. The fourth-order valence-corrected chi connectivity index (χ4v) is 13.2. The fourth-order valence-electron chi connectivity index (χ4n) is 13.2. The van der Waals surface area contributed by atoms with E-state index in [2.05, 4.69) is 78.5 Å². The molecule has 4 fully saturated rings. The van der Waals surface area contributed by atoms with Crippen molar-refractivity contribution < 1.29 is 14.7 Å². The second kappa shape index (κ2) is 11.9. The average molecular weight is 643 g/mol. The van der Waals surface area contributed by atoms with Gasteiger partial charge in [0.2, 0.25) is 5.91 Å². The molecule has 5 aliphatic rings. The number of carboxylic acids is 1. The molecule has 0 bridgehead atoms. The summed E-state index contributed by atoms with van der Waals surface area (Å²) >= 11 is 0. The van der Waals surface area contributed by atoms with E-state index in [0.29, 0.717) is 41.6 Å². The summed E-state index contributed by atoms with van der Waals surface area (Å²) < 4.78 is 0. The van der Waals surface area contributed by atoms with Gasteiger partial charge in [-0.1, -0.05) is 65.0 Å². The van der Waals surface area contributed by atoms with Gasteiger partial charge in [0.15, 0.2) is 0 Å². The summed E-state index contributed by atoms with van der Waals surface area (Å²) in [7, 11) is 4.16. The van der Waals surface area contributed by atoms with Gasteiger partial charge >= 0.3 is 5.97 Å². The van der Waals surface area contributed by atoms with E-state index in [-0.39, 0.29) is 33.1 Å². The van der Waals surface area contributed by atoms with Crippen LogP contribution < -0.4 is 5.32 Å². The van der Waals surface area contributed by atoms with Gasteiger partial charge in [0.1, 0.15) is 0 Å². The van der Waals surface area contributed by atoms with Crippen LogP contribution in [0.4, 0.5) is 0 Å². The number of carbonyl (C=O) groups excluding carboxylic acids is 1. The third-order valence-electron chi connectivity index (χ3n) is 15.5. The van der Waals surface area contributed by atoms with Crippen LogP contribution in [0.15, 0.2) is 42.5 Å². The lowest BCUT2D eigenvalue weighted by atomic mass is 9.33. The number of hydrogen-bond donors (Lipinski definition) is 2. The zero-order valence-corrected chi connectivity index (χ0v) is 30.7. The smallest absolute Gasteiger partial charge is 0.335 e. The van der Waals surface area contributed by atoms with Crippen molar-refractivity contribution in [2.75, 3.05) is 20.6 Å². The summed E-state index contributed by atoms with van der Waals surface area (Å²) in [4.78, 5) is 27.2. The largest absolute Gasteiger partial charge is 0.478 e. The van der Waals surface area contributed by atoms with Crippen molar-refractivity contribution in [2.45, 2.75) is 118 Å². The molecule has 0 aliphatic heterocycles. The number of allylic oxidation sites excluding steroid dienone is 3. The van der Waals surface area contributed by atoms with Gasteiger partial charge < -0.3 is 15.3 Å². The monoisotopic (exact) mass is 642 g/mol. The first-order chi connectivity index (χ1) is 22.0. The average Bonchev–Trinajstić information content (AvgIpc) is 3.36. The van der Waals surface area contributed by atoms with Crippen LogP contribution in [-0.4, -0.2) is 48.1 Å². The second-order valence-electron chi connectivity index (χ2n) is 18.2. The molecule has 4 saturated carbocycles. The van der Waals surface area contributed by atoms with Crippen LogP contribution in [0.2, 0.25) is 0 Å². The van der Waals surface area contributed by atoms with E-state index in [0.717, 1.165) is 38.6 Å². The highest BCUT2D eigenvalue weighted by molar-refractivity contribution is 5.88. The molecule has 47 heavy (non-hydrogen) atoms. The van der Waals surface area contributed by atoms with E-state index >= 15 is 0 Å². The molecule has 1 aromatic rings. The number of aromatic carboxylic acids is 1. The summed E-state index contributed by atoms with van der Waals surface area (Å²) in [6.45, 7) is 20.6. The molecule has 5 heteroatoms. The fraction of sp³-hybridized carbons (Fsp3) is 0.714. The molecule has 258 valence electrons. The molecule has 2 N–H and O–H groups in total. The molecule has 0 radical (unpaired) electrons. The zero-order valence-electron chi connectivity index (χ0n) is 30.7. The molecular weight excluding hydrogens is 580 g/mol. The molecule has 0 aromatic heterocycles. The summed E-state index contributed by atoms with van der Waals surface area (Å²) in [5, 5.41) is 13.2. The number of nitrogens with one attached hydrogen (secondary N) is 1. The molecule has 0 spiro atoms. The summed E-state index contributed by atoms with van der Waals surface area (Å²) in [6.07, 6.45) is 14.7. The molecule has 5 nitrogen and oxygen atoms in total. The highest BCUT2D eigenvalue weighted by atomic mass is 16.4. The van der Waals surface area contributed by atoms with E-state index in [1.54, 1.807) is 12.1 Å². The number of carboxylic acid groups (broad SMARTS) is 1. The van der Waals surface area contributed by atoms with Crippen molar-refractivity contribution >= 4 is 17.4 Å². The van der Waals surface area contributed by atoms with Crippen LogP contribution in [0.3, 0.4) is 0 Å². The number of carbonyl (C=O) groups is 2. The van der Waals surface area contributed by atoms with Gasteiger partial charge in [-0.15, -0.1) is 0 Å². The molecular formula is C42H62N2O3. The van der Waals surface area contributed by atoms with Gasteiger partial charge in [0.25, 0.3) is 0 Å². The van der Waals surface area contributed by atoms with Crippen molar-refractivity contribution in [1.29, 1.82) is 0 Å². The van der Waals surface area contributed by atoms with Crippen molar-refractivity contribution in [3.05, 3.63) is 53.6 Å². The molecule has 0 heterocycles. The molecule has 1 amide bonds. The van der Waals surface area contributed by atoms with Crippen molar-refractivity contribution in [3.8, 4) is 0 Å². The van der Waals surface area contributed by atoms with Gasteiger partial charge in [-0.3, -0.25) is 4.79 Å². The normalized spacial score (nSPS) is 40.4. The number of amides is 1. The summed E-state index contributed by atoms with van der Waals surface area (Å²) in [5.41, 5.74) is 4.83. The van der Waals surface area contributed by atoms with Gasteiger partial charge in [-0.05, 0) is 166 Å². The summed E-state index contributed by atoms with van der Waals surface area (Å²) in [6, 6.07) is 7.57. The van der Waals surface area contributed by atoms with Gasteiger partial charge in [-0.2, -0.15) is 0 Å². The zero-order chi connectivity index (χ0) is 34.2. The lowest BCUT2D eigenvalue weighted by Gasteiger charge is -2.72. The Kier molecular flexibility index (Phi) is 8.71. The van der Waals surface area contributed by atoms with E-state index in [1.807, 2.05) is 12.1 Å². The Hall–Kier alpha value is -2.40. The second-order valence-corrected chi connectivity index (χ2v) is 18.2. The maximum atomic E-state index is 13.5. The van der Waals surface area contributed by atoms with Crippen LogP contribution in [0, 0.1) is 51.2 Å². The Morgan fingerprint density at radius 2 is 1.62 bits per heavy atom. The van der Waals surface area contributed by atoms with Gasteiger partial charge in [0.05, 0.1) is 5.56 Å². The number of rotatable bonds is 8. The first-order valence-corrected chi connectivity index (χ1v) is 18.7. The minimum Gasteiger partial charge on any atom is -0.478 e. The van der Waals surface area contributed by atoms with Crippen molar-refractivity contribution in [3.63, 3.8) is 0 Å². The third-order valence-corrected chi connectivity index (χ3v) is 15.5. The standard InChI is InChI=1S/C42H62N2O3/c1-27(2)30-18-23-42(43-35(45)11-10-26-44(8)9)25-24-40(6)32(36(30)42)16-17-34-39(5)21-19-31(28-12-14-29(15-13-28)37(46)47)38(3,4)33(39)20-22-41(34,40)7/h12-15,19,30,32-34,36H,1,10-11,16-18,20-26H2,2-9H3,(H,43,45)(H,46,47). The minimum atomic E-state index is -0.869. The van der Waals surface area contributed by atoms with Crippen molar-refractivity contribution in [1.82, 2.24) is 10.2 Å². The Morgan fingerprint density at radius 1 is 0.915 bits per heavy atom. The van der Waals surface area contributed by atoms with Crippen molar-refractivity contribution in [2.24, 2.45) is 51.2 Å². The predicted octanol–water partition coefficient (Wildman–Crippen LogP) is 9.25. The Bertz CT molecular complexity index is 1440. The molecule has 9 atom stereocenters. The predicted molar refractivity (Wildman–Crippen MR) is 192 cm³/mol. The number of hydrogen-bond acceptors (Lipinski definition) is 3. The highest BCUT2D eigenvalue weighted by Gasteiger charge is 2.70. The van der Waals surface area contributed by atoms with Crippen LogP contribution in [0.5, 0.6) is 0 Å². The van der Waals surface area contributed by atoms with Gasteiger partial charge in [0, 0.05) is 12.0 Å². The van der Waals surface area contributed by atoms with E-state index in [1.165, 1.54) is 48.8 Å². The Labute approximate surface area is 285 Å². The number of fused-ring (bicyclic) bond motifs is 7. The lowest BCUT2D eigenvalue weighted by Crippen LogP contribution is -2.68. The first-order valence-electron chi connectivity index (χ1n) is 18.7. The van der Waals surface area contributed by atoms with Gasteiger partial charge in [-0.25, -0.2) is 4.79 Å².